The average molecular weight is 648 g/mol. The predicted octanol–water partition coefficient (Wildman–Crippen LogP) is 7.16. The number of rotatable bonds is 5. The van der Waals surface area contributed by atoms with Gasteiger partial charge >= 0.3 is 12.4 Å². The molecule has 1 aromatic heterocycles. The van der Waals surface area contributed by atoms with Crippen LogP contribution in [-0.4, -0.2) is 71.3 Å². The minimum absolute atomic E-state index is 0.0306. The third-order valence-electron chi connectivity index (χ3n) is 9.97. The molecule has 1 spiro atoms. The summed E-state index contributed by atoms with van der Waals surface area (Å²) in [6.45, 7) is 3.22. The number of hydrogen-bond acceptors (Lipinski definition) is 4. The van der Waals surface area contributed by atoms with Gasteiger partial charge < -0.3 is 19.1 Å². The molecule has 246 valence electrons. The molecule has 0 aliphatic carbocycles. The maximum atomic E-state index is 13.7. The van der Waals surface area contributed by atoms with Crippen molar-refractivity contribution >= 4 is 11.8 Å². The zero-order valence-electron chi connectivity index (χ0n) is 25.1. The van der Waals surface area contributed by atoms with Crippen molar-refractivity contribution in [1.82, 2.24) is 14.7 Å². The van der Waals surface area contributed by atoms with Crippen LogP contribution in [0.15, 0.2) is 71.5 Å². The molecule has 3 saturated heterocycles. The van der Waals surface area contributed by atoms with Crippen molar-refractivity contribution in [1.29, 1.82) is 0 Å². The van der Waals surface area contributed by atoms with Crippen LogP contribution >= 0.6 is 0 Å². The van der Waals surface area contributed by atoms with Crippen LogP contribution in [0.4, 0.5) is 26.3 Å². The van der Waals surface area contributed by atoms with Gasteiger partial charge in [-0.3, -0.25) is 9.59 Å². The van der Waals surface area contributed by atoms with Gasteiger partial charge in [0.1, 0.15) is 6.26 Å². The predicted molar refractivity (Wildman–Crippen MR) is 157 cm³/mol. The van der Waals surface area contributed by atoms with Gasteiger partial charge in [0.25, 0.3) is 11.8 Å². The number of carbonyl (C=O) groups is 2. The van der Waals surface area contributed by atoms with Crippen molar-refractivity contribution < 1.29 is 40.3 Å². The van der Waals surface area contributed by atoms with E-state index in [4.69, 9.17) is 4.42 Å². The topological polar surface area (TPSA) is 57.0 Å². The van der Waals surface area contributed by atoms with Crippen molar-refractivity contribution in [2.75, 3.05) is 32.7 Å². The summed E-state index contributed by atoms with van der Waals surface area (Å²) in [7, 11) is 0. The first kappa shape index (κ1) is 32.2. The first-order valence-corrected chi connectivity index (χ1v) is 15.5. The van der Waals surface area contributed by atoms with Crippen LogP contribution in [0.5, 0.6) is 0 Å². The lowest BCUT2D eigenvalue weighted by Gasteiger charge is -2.47. The van der Waals surface area contributed by atoms with Crippen molar-refractivity contribution in [3.8, 4) is 0 Å². The minimum Gasteiger partial charge on any atom is -0.472 e. The standard InChI is InChI=1S/C34H35F6N3O3/c35-33(36,37)26-17-25(18-27(19-26)34(38,39)40)31(45)43-11-6-28(20-29(43)16-23-4-2-1-3-5-23)41-12-8-32(9-13-41)10-14-42(22-32)30(44)24-7-15-46-21-24/h1-5,7,15,17-19,21,28-29H,6,8-14,16,20,22H2/t28-,29-/m0/s1. The molecule has 0 radical (unpaired) electrons. The van der Waals surface area contributed by atoms with Gasteiger partial charge in [-0.15, -0.1) is 0 Å². The quantitative estimate of drug-likeness (QED) is 0.276. The average Bonchev–Trinajstić information content (AvgIpc) is 3.72. The first-order chi connectivity index (χ1) is 21.8. The number of benzene rings is 2. The van der Waals surface area contributed by atoms with Crippen LogP contribution in [0.2, 0.25) is 0 Å². The summed E-state index contributed by atoms with van der Waals surface area (Å²) in [6, 6.07) is 11.8. The number of likely N-dealkylation sites (tertiary alicyclic amines) is 3. The molecule has 2 atom stereocenters. The highest BCUT2D eigenvalue weighted by atomic mass is 19.4. The number of alkyl halides is 6. The maximum Gasteiger partial charge on any atom is 0.416 e. The van der Waals surface area contributed by atoms with Crippen LogP contribution in [-0.2, 0) is 18.8 Å². The SMILES string of the molecule is O=C(c1ccoc1)N1CCC2(CCN([C@H]3CCN(C(=O)c4cc(C(F)(F)F)cc(C(F)(F)F)c4)[C@@H](Cc4ccccc4)C3)CC2)C1. The van der Waals surface area contributed by atoms with Gasteiger partial charge in [0, 0.05) is 37.3 Å². The molecule has 46 heavy (non-hydrogen) atoms. The number of hydrogen-bond donors (Lipinski definition) is 0. The van der Waals surface area contributed by atoms with Gasteiger partial charge in [0.15, 0.2) is 0 Å². The molecule has 3 aliphatic rings. The van der Waals surface area contributed by atoms with Gasteiger partial charge in [0.05, 0.1) is 23.0 Å². The van der Waals surface area contributed by atoms with Crippen molar-refractivity contribution in [2.45, 2.75) is 63.0 Å². The number of furan rings is 1. The van der Waals surface area contributed by atoms with Crippen LogP contribution in [0.25, 0.3) is 0 Å². The Kier molecular flexibility index (Phi) is 8.69. The number of piperidine rings is 2. The molecule has 0 saturated carbocycles. The fourth-order valence-corrected chi connectivity index (χ4v) is 7.40. The Morgan fingerprint density at radius 2 is 1.46 bits per heavy atom. The Morgan fingerprint density at radius 3 is 2.07 bits per heavy atom. The fourth-order valence-electron chi connectivity index (χ4n) is 7.40. The second kappa shape index (κ2) is 12.4. The van der Waals surface area contributed by atoms with Gasteiger partial charge in [-0.2, -0.15) is 26.3 Å². The summed E-state index contributed by atoms with van der Waals surface area (Å²) < 4.78 is 86.5. The van der Waals surface area contributed by atoms with E-state index >= 15 is 0 Å². The number of nitrogens with zero attached hydrogens (tertiary/aromatic N) is 3. The number of carbonyl (C=O) groups excluding carboxylic acids is 2. The Balaban J connectivity index is 1.17. The Labute approximate surface area is 262 Å². The molecule has 3 aliphatic heterocycles. The summed E-state index contributed by atoms with van der Waals surface area (Å²) in [5.74, 6) is -0.862. The smallest absolute Gasteiger partial charge is 0.416 e. The largest absolute Gasteiger partial charge is 0.472 e. The molecular weight excluding hydrogens is 612 g/mol. The van der Waals surface area contributed by atoms with E-state index in [1.165, 1.54) is 17.4 Å². The lowest BCUT2D eigenvalue weighted by molar-refractivity contribution is -0.143. The molecule has 3 aromatic rings. The molecule has 6 rings (SSSR count). The molecule has 2 amide bonds. The summed E-state index contributed by atoms with van der Waals surface area (Å²) in [5.41, 5.74) is -2.11. The molecule has 6 nitrogen and oxygen atoms in total. The van der Waals surface area contributed by atoms with Crippen LogP contribution in [0.3, 0.4) is 0 Å². The van der Waals surface area contributed by atoms with Crippen LogP contribution in [0, 0.1) is 5.41 Å². The number of halogens is 6. The molecule has 3 fully saturated rings. The zero-order chi connectivity index (χ0) is 32.7. The van der Waals surface area contributed by atoms with Gasteiger partial charge in [-0.05, 0) is 86.9 Å². The van der Waals surface area contributed by atoms with Crippen molar-refractivity contribution in [2.24, 2.45) is 5.41 Å². The Morgan fingerprint density at radius 1 is 0.804 bits per heavy atom. The molecule has 0 N–H and O–H groups in total. The highest BCUT2D eigenvalue weighted by Crippen LogP contribution is 2.42. The highest BCUT2D eigenvalue weighted by Gasteiger charge is 2.45. The number of amides is 2. The van der Waals surface area contributed by atoms with Gasteiger partial charge in [0.2, 0.25) is 0 Å². The van der Waals surface area contributed by atoms with Gasteiger partial charge in [-0.1, -0.05) is 30.3 Å². The van der Waals surface area contributed by atoms with Gasteiger partial charge in [-0.25, -0.2) is 0 Å². The van der Waals surface area contributed by atoms with E-state index < -0.39 is 41.0 Å². The highest BCUT2D eigenvalue weighted by molar-refractivity contribution is 5.95. The summed E-state index contributed by atoms with van der Waals surface area (Å²) in [5, 5.41) is 0. The lowest BCUT2D eigenvalue weighted by atomic mass is 9.77. The minimum atomic E-state index is -5.04. The van der Waals surface area contributed by atoms with Crippen LogP contribution < -0.4 is 0 Å². The third-order valence-corrected chi connectivity index (χ3v) is 9.97. The van der Waals surface area contributed by atoms with E-state index in [0.717, 1.165) is 37.9 Å². The molecule has 0 unspecified atom stereocenters. The van der Waals surface area contributed by atoms with E-state index in [0.29, 0.717) is 50.0 Å². The van der Waals surface area contributed by atoms with E-state index in [1.807, 2.05) is 35.2 Å². The molecule has 12 heteroatoms. The lowest BCUT2D eigenvalue weighted by Crippen LogP contribution is -2.55. The molecule has 0 bridgehead atoms. The Hall–Kier alpha value is -3.80. The maximum absolute atomic E-state index is 13.7. The van der Waals surface area contributed by atoms with Crippen molar-refractivity contribution in [3.05, 3.63) is 94.9 Å². The summed E-state index contributed by atoms with van der Waals surface area (Å²) >= 11 is 0. The summed E-state index contributed by atoms with van der Waals surface area (Å²) in [6.07, 6.45) is -2.86. The Bertz CT molecular complexity index is 1500. The molecule has 4 heterocycles. The fraction of sp³-hybridized carbons (Fsp3) is 0.471. The van der Waals surface area contributed by atoms with Crippen LogP contribution in [0.1, 0.15) is 69.5 Å². The summed E-state index contributed by atoms with van der Waals surface area (Å²) in [4.78, 5) is 32.3. The second-order valence-corrected chi connectivity index (χ2v) is 12.8. The van der Waals surface area contributed by atoms with Crippen molar-refractivity contribution in [3.63, 3.8) is 0 Å². The van der Waals surface area contributed by atoms with E-state index in [1.54, 1.807) is 6.07 Å². The van der Waals surface area contributed by atoms with E-state index in [9.17, 15) is 35.9 Å². The van der Waals surface area contributed by atoms with E-state index in [2.05, 4.69) is 4.90 Å². The zero-order valence-corrected chi connectivity index (χ0v) is 25.1. The first-order valence-electron chi connectivity index (χ1n) is 15.5. The third kappa shape index (κ3) is 6.82. The second-order valence-electron chi connectivity index (χ2n) is 12.8. The monoisotopic (exact) mass is 647 g/mol. The van der Waals surface area contributed by atoms with E-state index in [-0.39, 0.29) is 30.0 Å². The normalized spacial score (nSPS) is 22.4. The molecule has 2 aromatic carbocycles. The molecular formula is C34H35F6N3O3.